The lowest BCUT2D eigenvalue weighted by Gasteiger charge is -2.46. The van der Waals surface area contributed by atoms with Crippen molar-refractivity contribution in [1.82, 2.24) is 9.21 Å². The van der Waals surface area contributed by atoms with Gasteiger partial charge in [-0.15, -0.1) is 0 Å². The van der Waals surface area contributed by atoms with E-state index in [1.807, 2.05) is 0 Å². The van der Waals surface area contributed by atoms with Gasteiger partial charge in [0, 0.05) is 37.2 Å². The lowest BCUT2D eigenvalue weighted by molar-refractivity contribution is 0.0768. The number of rotatable bonds is 4. The summed E-state index contributed by atoms with van der Waals surface area (Å²) in [6.07, 6.45) is 1.02. The fraction of sp³-hybridized carbons (Fsp3) is 0.368. The Kier molecular flexibility index (Phi) is 4.69. The van der Waals surface area contributed by atoms with Crippen LogP contribution < -0.4 is 4.74 Å². The van der Waals surface area contributed by atoms with E-state index in [2.05, 4.69) is 29.2 Å². The third-order valence-corrected chi connectivity index (χ3v) is 7.34. The van der Waals surface area contributed by atoms with Crippen molar-refractivity contribution in [3.05, 3.63) is 58.6 Å². The molecule has 2 heterocycles. The normalized spacial score (nSPS) is 19.0. The predicted molar refractivity (Wildman–Crippen MR) is 101 cm³/mol. The molecular formula is C19H21ClN2O3S. The van der Waals surface area contributed by atoms with Crippen molar-refractivity contribution in [2.45, 2.75) is 23.9 Å². The topological polar surface area (TPSA) is 49.9 Å². The van der Waals surface area contributed by atoms with Gasteiger partial charge in [-0.1, -0.05) is 35.9 Å². The highest BCUT2D eigenvalue weighted by Crippen LogP contribution is 2.33. The van der Waals surface area contributed by atoms with Crippen molar-refractivity contribution in [3.8, 4) is 5.75 Å². The van der Waals surface area contributed by atoms with Gasteiger partial charge in [-0.05, 0) is 35.7 Å². The number of methoxy groups -OCH3 is 1. The Balaban J connectivity index is 1.47. The van der Waals surface area contributed by atoms with Gasteiger partial charge in [0.2, 0.25) is 10.0 Å². The van der Waals surface area contributed by atoms with Crippen LogP contribution in [0.25, 0.3) is 0 Å². The quantitative estimate of drug-likeness (QED) is 0.802. The molecule has 0 amide bonds. The third kappa shape index (κ3) is 3.11. The Morgan fingerprint density at radius 2 is 1.85 bits per heavy atom. The van der Waals surface area contributed by atoms with Gasteiger partial charge in [0.1, 0.15) is 10.6 Å². The van der Waals surface area contributed by atoms with Crippen molar-refractivity contribution >= 4 is 21.6 Å². The summed E-state index contributed by atoms with van der Waals surface area (Å²) in [5, 5.41) is 0.383. The summed E-state index contributed by atoms with van der Waals surface area (Å²) in [4.78, 5) is 2.51. The molecule has 0 spiro atoms. The highest BCUT2D eigenvalue weighted by molar-refractivity contribution is 7.89. The van der Waals surface area contributed by atoms with Crippen LogP contribution in [0.1, 0.15) is 11.1 Å². The molecule has 2 aliphatic heterocycles. The van der Waals surface area contributed by atoms with E-state index in [-0.39, 0.29) is 10.9 Å². The zero-order valence-corrected chi connectivity index (χ0v) is 16.1. The zero-order valence-electron chi connectivity index (χ0n) is 14.6. The molecule has 4 rings (SSSR count). The summed E-state index contributed by atoms with van der Waals surface area (Å²) in [6, 6.07) is 13.4. The molecule has 1 saturated heterocycles. The molecule has 0 bridgehead atoms. The van der Waals surface area contributed by atoms with Gasteiger partial charge in [-0.25, -0.2) is 8.42 Å². The SMILES string of the molecule is COc1ccc(Cl)cc1S(=O)(=O)N1CC(N2CCc3ccccc3C2)C1. The molecule has 7 heteroatoms. The van der Waals surface area contributed by atoms with Crippen molar-refractivity contribution in [2.24, 2.45) is 0 Å². The first-order valence-corrected chi connectivity index (χ1v) is 10.5. The van der Waals surface area contributed by atoms with Gasteiger partial charge in [0.05, 0.1) is 7.11 Å². The Bertz CT molecular complexity index is 926. The van der Waals surface area contributed by atoms with E-state index in [0.717, 1.165) is 19.5 Å². The number of ether oxygens (including phenoxy) is 1. The number of benzene rings is 2. The van der Waals surface area contributed by atoms with Crippen LogP contribution in [0.5, 0.6) is 5.75 Å². The Morgan fingerprint density at radius 1 is 1.12 bits per heavy atom. The lowest BCUT2D eigenvalue weighted by atomic mass is 9.97. The Hall–Kier alpha value is -1.60. The molecule has 0 saturated carbocycles. The van der Waals surface area contributed by atoms with E-state index >= 15 is 0 Å². The molecule has 138 valence electrons. The Morgan fingerprint density at radius 3 is 2.58 bits per heavy atom. The van der Waals surface area contributed by atoms with Gasteiger partial charge < -0.3 is 4.74 Å². The molecule has 0 N–H and O–H groups in total. The maximum Gasteiger partial charge on any atom is 0.246 e. The molecule has 2 aromatic carbocycles. The zero-order chi connectivity index (χ0) is 18.3. The van der Waals surface area contributed by atoms with Gasteiger partial charge in [-0.3, -0.25) is 4.90 Å². The van der Waals surface area contributed by atoms with Crippen molar-refractivity contribution in [1.29, 1.82) is 0 Å². The minimum Gasteiger partial charge on any atom is -0.495 e. The first-order chi connectivity index (χ1) is 12.5. The molecule has 1 fully saturated rings. The predicted octanol–water partition coefficient (Wildman–Crippen LogP) is 2.78. The highest BCUT2D eigenvalue weighted by Gasteiger charge is 2.41. The largest absolute Gasteiger partial charge is 0.495 e. The molecule has 0 aliphatic carbocycles. The van der Waals surface area contributed by atoms with E-state index in [4.69, 9.17) is 16.3 Å². The van der Waals surface area contributed by atoms with E-state index in [0.29, 0.717) is 23.9 Å². The second-order valence-corrected chi connectivity index (χ2v) is 9.10. The molecule has 2 aromatic rings. The summed E-state index contributed by atoms with van der Waals surface area (Å²) >= 11 is 6.00. The van der Waals surface area contributed by atoms with Gasteiger partial charge in [0.25, 0.3) is 0 Å². The number of hydrogen-bond donors (Lipinski definition) is 0. The number of hydrogen-bond acceptors (Lipinski definition) is 4. The summed E-state index contributed by atoms with van der Waals surface area (Å²) in [5.74, 6) is 0.324. The molecule has 0 aromatic heterocycles. The van der Waals surface area contributed by atoms with Gasteiger partial charge in [-0.2, -0.15) is 4.31 Å². The molecule has 0 unspecified atom stereocenters. The maximum absolute atomic E-state index is 12.9. The third-order valence-electron chi connectivity index (χ3n) is 5.25. The van der Waals surface area contributed by atoms with Crippen LogP contribution in [0.2, 0.25) is 5.02 Å². The average molecular weight is 393 g/mol. The molecule has 26 heavy (non-hydrogen) atoms. The van der Waals surface area contributed by atoms with Gasteiger partial charge >= 0.3 is 0 Å². The first kappa shape index (κ1) is 17.8. The van der Waals surface area contributed by atoms with Crippen LogP contribution >= 0.6 is 11.6 Å². The first-order valence-electron chi connectivity index (χ1n) is 8.63. The van der Waals surface area contributed by atoms with Crippen LogP contribution in [0.3, 0.4) is 0 Å². The average Bonchev–Trinajstić information content (AvgIpc) is 2.60. The minimum absolute atomic E-state index is 0.134. The molecule has 0 radical (unpaired) electrons. The standard InChI is InChI=1S/C19H21ClN2O3S/c1-25-18-7-6-16(20)10-19(18)26(23,24)22-12-17(13-22)21-9-8-14-4-2-3-5-15(14)11-21/h2-7,10,17H,8-9,11-13H2,1H3. The van der Waals surface area contributed by atoms with Crippen LogP contribution in [-0.4, -0.2) is 50.4 Å². The fourth-order valence-corrected chi connectivity index (χ4v) is 5.60. The molecular weight excluding hydrogens is 372 g/mol. The van der Waals surface area contributed by atoms with Gasteiger partial charge in [0.15, 0.2) is 0 Å². The van der Waals surface area contributed by atoms with Crippen LogP contribution in [0.15, 0.2) is 47.4 Å². The molecule has 0 atom stereocenters. The number of sulfonamides is 1. The van der Waals surface area contributed by atoms with Crippen LogP contribution in [-0.2, 0) is 23.0 Å². The minimum atomic E-state index is -3.60. The second-order valence-electron chi connectivity index (χ2n) is 6.76. The summed E-state index contributed by atoms with van der Waals surface area (Å²) in [6.45, 7) is 2.85. The summed E-state index contributed by atoms with van der Waals surface area (Å²) in [5.41, 5.74) is 2.74. The molecule has 5 nitrogen and oxygen atoms in total. The van der Waals surface area contributed by atoms with E-state index in [1.54, 1.807) is 12.1 Å². The van der Waals surface area contributed by atoms with Crippen LogP contribution in [0.4, 0.5) is 0 Å². The number of fused-ring (bicyclic) bond motifs is 1. The maximum atomic E-state index is 12.9. The lowest BCUT2D eigenvalue weighted by Crippen LogP contribution is -2.61. The number of nitrogens with zero attached hydrogens (tertiary/aromatic N) is 2. The highest BCUT2D eigenvalue weighted by atomic mass is 35.5. The Labute approximate surface area is 159 Å². The number of halogens is 1. The monoisotopic (exact) mass is 392 g/mol. The van der Waals surface area contributed by atoms with E-state index < -0.39 is 10.0 Å². The van der Waals surface area contributed by atoms with E-state index in [9.17, 15) is 8.42 Å². The summed E-state index contributed by atoms with van der Waals surface area (Å²) in [7, 11) is -2.14. The van der Waals surface area contributed by atoms with E-state index in [1.165, 1.54) is 28.6 Å². The van der Waals surface area contributed by atoms with Crippen molar-refractivity contribution < 1.29 is 13.2 Å². The molecule has 2 aliphatic rings. The van der Waals surface area contributed by atoms with Crippen molar-refractivity contribution in [2.75, 3.05) is 26.7 Å². The van der Waals surface area contributed by atoms with Crippen molar-refractivity contribution in [3.63, 3.8) is 0 Å². The second kappa shape index (κ2) is 6.85. The smallest absolute Gasteiger partial charge is 0.246 e. The fourth-order valence-electron chi connectivity index (χ4n) is 3.66. The summed E-state index contributed by atoms with van der Waals surface area (Å²) < 4.78 is 32.6. The van der Waals surface area contributed by atoms with Crippen LogP contribution in [0, 0.1) is 0 Å².